The molecule has 1 saturated carbocycles. The van der Waals surface area contributed by atoms with Crippen molar-refractivity contribution in [2.75, 3.05) is 25.4 Å². The van der Waals surface area contributed by atoms with E-state index in [0.29, 0.717) is 24.9 Å². The Labute approximate surface area is 182 Å². The standard InChI is InChI=1S/C22H36N4O3S/c1-4-23-21(27)16-29-19-11-7-9-17(13-19)15-25-22(24-5-2)26-18-10-8-12-20(14-18)30(28)6-3/h7,9,11,13,18,20H,4-6,8,10,12,14-16H2,1-3H3,(H,23,27)(H2,24,25,26). The van der Waals surface area contributed by atoms with Crippen LogP contribution in [0.3, 0.4) is 0 Å². The van der Waals surface area contributed by atoms with Crippen LogP contribution in [0.1, 0.15) is 52.0 Å². The van der Waals surface area contributed by atoms with Gasteiger partial charge in [0.1, 0.15) is 5.75 Å². The fourth-order valence-electron chi connectivity index (χ4n) is 3.56. The number of hydrogen-bond donors (Lipinski definition) is 3. The van der Waals surface area contributed by atoms with E-state index in [4.69, 9.17) is 9.73 Å². The van der Waals surface area contributed by atoms with Crippen molar-refractivity contribution in [1.29, 1.82) is 0 Å². The number of likely N-dealkylation sites (N-methyl/N-ethyl adjacent to an activating group) is 1. The Bertz CT molecular complexity index is 726. The number of guanidine groups is 1. The van der Waals surface area contributed by atoms with Crippen LogP contribution < -0.4 is 20.7 Å². The van der Waals surface area contributed by atoms with E-state index in [2.05, 4.69) is 16.0 Å². The van der Waals surface area contributed by atoms with Crippen LogP contribution in [0.15, 0.2) is 29.3 Å². The molecule has 7 nitrogen and oxygen atoms in total. The minimum absolute atomic E-state index is 0.00668. The van der Waals surface area contributed by atoms with Gasteiger partial charge in [-0.15, -0.1) is 0 Å². The van der Waals surface area contributed by atoms with Gasteiger partial charge in [-0.3, -0.25) is 9.00 Å². The van der Waals surface area contributed by atoms with Crippen LogP contribution in [0, 0.1) is 0 Å². The molecule has 0 aromatic heterocycles. The molecule has 0 saturated heterocycles. The fraction of sp³-hybridized carbons (Fsp3) is 0.636. The minimum Gasteiger partial charge on any atom is -0.484 e. The summed E-state index contributed by atoms with van der Waals surface area (Å²) < 4.78 is 17.8. The van der Waals surface area contributed by atoms with Gasteiger partial charge in [0.2, 0.25) is 0 Å². The molecule has 168 valence electrons. The van der Waals surface area contributed by atoms with Crippen molar-refractivity contribution in [3.05, 3.63) is 29.8 Å². The fourth-order valence-corrected chi connectivity index (χ4v) is 4.91. The van der Waals surface area contributed by atoms with E-state index in [-0.39, 0.29) is 17.8 Å². The molecule has 3 atom stereocenters. The third-order valence-corrected chi connectivity index (χ3v) is 6.77. The number of ether oxygens (including phenoxy) is 1. The van der Waals surface area contributed by atoms with Crippen molar-refractivity contribution in [2.24, 2.45) is 4.99 Å². The Hall–Kier alpha value is -2.09. The summed E-state index contributed by atoms with van der Waals surface area (Å²) in [6, 6.07) is 7.94. The number of hydrogen-bond acceptors (Lipinski definition) is 4. The van der Waals surface area contributed by atoms with Gasteiger partial charge in [0, 0.05) is 40.9 Å². The molecule has 0 bridgehead atoms. The van der Waals surface area contributed by atoms with Crippen LogP contribution in [0.25, 0.3) is 0 Å². The molecule has 0 radical (unpaired) electrons. The number of carbonyl (C=O) groups is 1. The second-order valence-corrected chi connectivity index (χ2v) is 9.39. The summed E-state index contributed by atoms with van der Waals surface area (Å²) in [4.78, 5) is 16.3. The quantitative estimate of drug-likeness (QED) is 0.387. The Morgan fingerprint density at radius 1 is 1.20 bits per heavy atom. The van der Waals surface area contributed by atoms with E-state index in [1.165, 1.54) is 0 Å². The molecule has 1 fully saturated rings. The lowest BCUT2D eigenvalue weighted by molar-refractivity contribution is -0.122. The Kier molecular flexibility index (Phi) is 10.7. The van der Waals surface area contributed by atoms with E-state index in [1.807, 2.05) is 45.0 Å². The highest BCUT2D eigenvalue weighted by Crippen LogP contribution is 2.23. The minimum atomic E-state index is -0.739. The van der Waals surface area contributed by atoms with Crippen molar-refractivity contribution >= 4 is 22.7 Å². The van der Waals surface area contributed by atoms with Crippen LogP contribution in [0.2, 0.25) is 0 Å². The number of nitrogens with zero attached hydrogens (tertiary/aromatic N) is 1. The first-order valence-electron chi connectivity index (χ1n) is 11.0. The molecule has 3 unspecified atom stereocenters. The number of benzene rings is 1. The van der Waals surface area contributed by atoms with Gasteiger partial charge < -0.3 is 20.7 Å². The Balaban J connectivity index is 1.94. The zero-order chi connectivity index (χ0) is 21.8. The summed E-state index contributed by atoms with van der Waals surface area (Å²) in [7, 11) is -0.739. The molecule has 2 rings (SSSR count). The van der Waals surface area contributed by atoms with Gasteiger partial charge in [0.05, 0.1) is 6.54 Å². The SMILES string of the molecule is CCNC(=O)COc1cccc(CN=C(NCC)NC2CCCC(S(=O)CC)C2)c1. The van der Waals surface area contributed by atoms with Crippen molar-refractivity contribution < 1.29 is 13.7 Å². The Morgan fingerprint density at radius 2 is 2.00 bits per heavy atom. The molecule has 0 spiro atoms. The molecule has 1 aliphatic rings. The largest absolute Gasteiger partial charge is 0.484 e. The number of amides is 1. The third-order valence-electron chi connectivity index (χ3n) is 5.03. The maximum atomic E-state index is 12.2. The highest BCUT2D eigenvalue weighted by atomic mass is 32.2. The summed E-state index contributed by atoms with van der Waals surface area (Å²) in [5.41, 5.74) is 1.01. The molecule has 1 amide bonds. The second-order valence-electron chi connectivity index (χ2n) is 7.38. The van der Waals surface area contributed by atoms with Gasteiger partial charge in [-0.05, 0) is 50.8 Å². The van der Waals surface area contributed by atoms with Crippen molar-refractivity contribution in [3.63, 3.8) is 0 Å². The van der Waals surface area contributed by atoms with Crippen LogP contribution in [-0.4, -0.2) is 52.8 Å². The van der Waals surface area contributed by atoms with E-state index in [9.17, 15) is 9.00 Å². The van der Waals surface area contributed by atoms with Crippen LogP contribution in [0.5, 0.6) is 5.75 Å². The van der Waals surface area contributed by atoms with Crippen LogP contribution in [-0.2, 0) is 22.1 Å². The molecule has 0 heterocycles. The average molecular weight is 437 g/mol. The molecule has 1 aromatic carbocycles. The van der Waals surface area contributed by atoms with Gasteiger partial charge in [0.15, 0.2) is 12.6 Å². The summed E-state index contributed by atoms with van der Waals surface area (Å²) >= 11 is 0. The van der Waals surface area contributed by atoms with Crippen molar-refractivity contribution in [2.45, 2.75) is 64.3 Å². The zero-order valence-electron chi connectivity index (χ0n) is 18.4. The van der Waals surface area contributed by atoms with E-state index < -0.39 is 10.8 Å². The molecular formula is C22H36N4O3S. The van der Waals surface area contributed by atoms with Gasteiger partial charge in [-0.25, -0.2) is 4.99 Å². The van der Waals surface area contributed by atoms with E-state index in [0.717, 1.165) is 49.5 Å². The summed E-state index contributed by atoms with van der Waals surface area (Å²) in [6.45, 7) is 7.79. The summed E-state index contributed by atoms with van der Waals surface area (Å²) in [5.74, 6) is 2.03. The predicted octanol–water partition coefficient (Wildman–Crippen LogP) is 2.34. The topological polar surface area (TPSA) is 91.8 Å². The lowest BCUT2D eigenvalue weighted by Gasteiger charge is -2.30. The first kappa shape index (κ1) is 24.2. The van der Waals surface area contributed by atoms with Gasteiger partial charge in [-0.1, -0.05) is 25.5 Å². The number of nitrogens with one attached hydrogen (secondary N) is 3. The molecule has 1 aliphatic carbocycles. The summed E-state index contributed by atoms with van der Waals surface area (Å²) in [5, 5.41) is 9.83. The lowest BCUT2D eigenvalue weighted by Crippen LogP contribution is -2.46. The van der Waals surface area contributed by atoms with Crippen molar-refractivity contribution in [1.82, 2.24) is 16.0 Å². The van der Waals surface area contributed by atoms with Crippen LogP contribution in [0.4, 0.5) is 0 Å². The molecule has 8 heteroatoms. The van der Waals surface area contributed by atoms with Crippen molar-refractivity contribution in [3.8, 4) is 5.75 Å². The van der Waals surface area contributed by atoms with Gasteiger partial charge in [-0.2, -0.15) is 0 Å². The smallest absolute Gasteiger partial charge is 0.257 e. The van der Waals surface area contributed by atoms with E-state index >= 15 is 0 Å². The molecule has 1 aromatic rings. The maximum Gasteiger partial charge on any atom is 0.257 e. The third kappa shape index (κ3) is 8.34. The predicted molar refractivity (Wildman–Crippen MR) is 123 cm³/mol. The highest BCUT2D eigenvalue weighted by Gasteiger charge is 2.26. The normalized spacial score (nSPS) is 20.3. The first-order chi connectivity index (χ1) is 14.5. The van der Waals surface area contributed by atoms with Crippen LogP contribution >= 0.6 is 0 Å². The maximum absolute atomic E-state index is 12.2. The lowest BCUT2D eigenvalue weighted by atomic mass is 9.95. The molecular weight excluding hydrogens is 400 g/mol. The second kappa shape index (κ2) is 13.3. The zero-order valence-corrected chi connectivity index (χ0v) is 19.2. The van der Waals surface area contributed by atoms with Gasteiger partial charge in [0.25, 0.3) is 5.91 Å². The van der Waals surface area contributed by atoms with E-state index in [1.54, 1.807) is 0 Å². The van der Waals surface area contributed by atoms with Gasteiger partial charge >= 0.3 is 0 Å². The highest BCUT2D eigenvalue weighted by molar-refractivity contribution is 7.85. The first-order valence-corrected chi connectivity index (χ1v) is 12.3. The monoisotopic (exact) mass is 436 g/mol. The Morgan fingerprint density at radius 3 is 2.73 bits per heavy atom. The molecule has 30 heavy (non-hydrogen) atoms. The number of rotatable bonds is 10. The average Bonchev–Trinajstić information content (AvgIpc) is 2.76. The molecule has 0 aliphatic heterocycles. The molecule has 3 N–H and O–H groups in total. The number of aliphatic imine (C=N–C) groups is 1. The summed E-state index contributed by atoms with van der Waals surface area (Å²) in [6.07, 6.45) is 4.15. The number of carbonyl (C=O) groups excluding carboxylic acids is 1.